The fourth-order valence-corrected chi connectivity index (χ4v) is 4.17. The first-order valence-electron chi connectivity index (χ1n) is 7.97. The number of amides is 3. The average molecular weight is 341 g/mol. The maximum absolute atomic E-state index is 12.2. The summed E-state index contributed by atoms with van der Waals surface area (Å²) in [5, 5.41) is 3.25. The number of imide groups is 1. The number of nitrogens with one attached hydrogen (secondary N) is 1. The molecule has 23 heavy (non-hydrogen) atoms. The number of ether oxygens (including phenoxy) is 1. The molecule has 3 rings (SSSR count). The van der Waals surface area contributed by atoms with Crippen molar-refractivity contribution in [2.24, 2.45) is 4.99 Å². The van der Waals surface area contributed by atoms with Crippen LogP contribution in [0.1, 0.15) is 6.92 Å². The minimum absolute atomic E-state index is 0.257. The summed E-state index contributed by atoms with van der Waals surface area (Å²) in [5.41, 5.74) is 0. The summed E-state index contributed by atoms with van der Waals surface area (Å²) < 4.78 is 5.35. The molecule has 3 aliphatic heterocycles. The molecule has 0 spiro atoms. The third-order valence-corrected chi connectivity index (χ3v) is 5.39. The van der Waals surface area contributed by atoms with Crippen LogP contribution in [0, 0.1) is 0 Å². The number of morpholine rings is 1. The van der Waals surface area contributed by atoms with E-state index >= 15 is 0 Å². The van der Waals surface area contributed by atoms with Crippen molar-refractivity contribution in [3.63, 3.8) is 0 Å². The highest BCUT2D eigenvalue weighted by Crippen LogP contribution is 2.28. The summed E-state index contributed by atoms with van der Waals surface area (Å²) in [7, 11) is 1.68. The average Bonchev–Trinajstić information content (AvgIpc) is 2.93. The number of likely N-dealkylation sites (N-methyl/N-ethyl adjacent to an activating group) is 2. The van der Waals surface area contributed by atoms with Crippen molar-refractivity contribution in [1.82, 2.24) is 20.0 Å². The van der Waals surface area contributed by atoms with Gasteiger partial charge in [0.1, 0.15) is 0 Å². The van der Waals surface area contributed by atoms with Crippen LogP contribution >= 0.6 is 11.8 Å². The number of thioether (sulfide) groups is 1. The monoisotopic (exact) mass is 341 g/mol. The first-order valence-corrected chi connectivity index (χ1v) is 8.95. The van der Waals surface area contributed by atoms with Crippen molar-refractivity contribution < 1.29 is 14.3 Å². The zero-order chi connectivity index (χ0) is 16.4. The lowest BCUT2D eigenvalue weighted by atomic mass is 10.1. The maximum Gasteiger partial charge on any atom is 0.325 e. The van der Waals surface area contributed by atoms with Crippen LogP contribution in [-0.2, 0) is 9.53 Å². The molecule has 0 radical (unpaired) electrons. The molecule has 3 aliphatic rings. The van der Waals surface area contributed by atoms with Gasteiger partial charge in [-0.1, -0.05) is 11.8 Å². The van der Waals surface area contributed by atoms with Crippen LogP contribution in [0.4, 0.5) is 4.79 Å². The zero-order valence-corrected chi connectivity index (χ0v) is 14.3. The molecule has 0 aromatic rings. The summed E-state index contributed by atoms with van der Waals surface area (Å²) in [6, 6.07) is -0.788. The lowest BCUT2D eigenvalue weighted by Crippen LogP contribution is -2.63. The molecule has 0 aromatic carbocycles. The Morgan fingerprint density at radius 3 is 2.78 bits per heavy atom. The van der Waals surface area contributed by atoms with Gasteiger partial charge in [-0.2, -0.15) is 0 Å². The molecule has 0 saturated carbocycles. The van der Waals surface area contributed by atoms with E-state index in [4.69, 9.17) is 4.74 Å². The van der Waals surface area contributed by atoms with E-state index in [1.54, 1.807) is 18.8 Å². The SMILES string of the molecule is CCN1C(SCCN2CCOCC2)=NC2C1C(=O)NC(=O)N2C. The van der Waals surface area contributed by atoms with Crippen molar-refractivity contribution in [3.05, 3.63) is 0 Å². The minimum Gasteiger partial charge on any atom is -0.379 e. The Labute approximate surface area is 140 Å². The first-order chi connectivity index (χ1) is 11.1. The Balaban J connectivity index is 1.61. The molecule has 3 heterocycles. The fourth-order valence-electron chi connectivity index (χ4n) is 3.04. The van der Waals surface area contributed by atoms with Crippen LogP contribution in [0.2, 0.25) is 0 Å². The van der Waals surface area contributed by atoms with Gasteiger partial charge in [0.15, 0.2) is 17.4 Å². The number of aliphatic imine (C=N–C) groups is 1. The number of carbonyl (C=O) groups is 2. The molecule has 3 amide bonds. The number of rotatable bonds is 4. The molecule has 0 aliphatic carbocycles. The predicted octanol–water partition coefficient (Wildman–Crippen LogP) is -0.380. The van der Waals surface area contributed by atoms with Gasteiger partial charge >= 0.3 is 6.03 Å². The molecule has 128 valence electrons. The maximum atomic E-state index is 12.2. The van der Waals surface area contributed by atoms with E-state index in [2.05, 4.69) is 15.2 Å². The number of hydrogen-bond acceptors (Lipinski definition) is 7. The van der Waals surface area contributed by atoms with E-state index in [-0.39, 0.29) is 11.9 Å². The zero-order valence-electron chi connectivity index (χ0n) is 13.5. The van der Waals surface area contributed by atoms with Crippen molar-refractivity contribution >= 4 is 28.9 Å². The summed E-state index contributed by atoms with van der Waals surface area (Å²) in [6.07, 6.45) is -0.415. The van der Waals surface area contributed by atoms with E-state index in [0.717, 1.165) is 43.8 Å². The number of amidine groups is 1. The van der Waals surface area contributed by atoms with Crippen LogP contribution in [-0.4, -0.2) is 96.2 Å². The molecule has 0 aromatic heterocycles. The van der Waals surface area contributed by atoms with E-state index in [9.17, 15) is 9.59 Å². The molecular weight excluding hydrogens is 318 g/mol. The normalized spacial score (nSPS) is 28.7. The van der Waals surface area contributed by atoms with Gasteiger partial charge < -0.3 is 14.5 Å². The molecule has 8 nitrogen and oxygen atoms in total. The van der Waals surface area contributed by atoms with Gasteiger partial charge in [-0.15, -0.1) is 0 Å². The van der Waals surface area contributed by atoms with Crippen molar-refractivity contribution in [1.29, 1.82) is 0 Å². The minimum atomic E-state index is -0.415. The number of nitrogens with zero attached hydrogens (tertiary/aromatic N) is 4. The van der Waals surface area contributed by atoms with Crippen LogP contribution in [0.15, 0.2) is 4.99 Å². The van der Waals surface area contributed by atoms with Crippen LogP contribution in [0.3, 0.4) is 0 Å². The van der Waals surface area contributed by atoms with Crippen molar-refractivity contribution in [3.8, 4) is 0 Å². The molecule has 2 atom stereocenters. The summed E-state index contributed by atoms with van der Waals surface area (Å²) in [5.74, 6) is 0.654. The lowest BCUT2D eigenvalue weighted by molar-refractivity contribution is -0.127. The van der Waals surface area contributed by atoms with Gasteiger partial charge in [-0.25, -0.2) is 9.79 Å². The quantitative estimate of drug-likeness (QED) is 0.751. The standard InChI is InChI=1S/C14H23N5O3S/c1-3-19-10-11(17(2)13(21)16-12(10)20)15-14(19)23-9-6-18-4-7-22-8-5-18/h10-11H,3-9H2,1-2H3,(H,16,20,21). The highest BCUT2D eigenvalue weighted by Gasteiger charge is 2.47. The van der Waals surface area contributed by atoms with Crippen LogP contribution in [0.5, 0.6) is 0 Å². The second kappa shape index (κ2) is 7.06. The fraction of sp³-hybridized carbons (Fsp3) is 0.786. The molecule has 2 unspecified atom stereocenters. The van der Waals surface area contributed by atoms with E-state index < -0.39 is 12.2 Å². The molecule has 2 saturated heterocycles. The Hall–Kier alpha value is -1.32. The van der Waals surface area contributed by atoms with Gasteiger partial charge in [-0.05, 0) is 6.92 Å². The van der Waals surface area contributed by atoms with E-state index in [1.807, 2.05) is 11.8 Å². The third kappa shape index (κ3) is 3.31. The Morgan fingerprint density at radius 2 is 2.09 bits per heavy atom. The molecule has 9 heteroatoms. The van der Waals surface area contributed by atoms with E-state index in [0.29, 0.717) is 6.54 Å². The number of urea groups is 1. The van der Waals surface area contributed by atoms with Gasteiger partial charge in [0, 0.05) is 39.0 Å². The summed E-state index contributed by atoms with van der Waals surface area (Å²) in [6.45, 7) is 7.20. The van der Waals surface area contributed by atoms with Crippen molar-refractivity contribution in [2.75, 3.05) is 52.2 Å². The van der Waals surface area contributed by atoms with Gasteiger partial charge in [0.05, 0.1) is 13.2 Å². The Bertz CT molecular complexity index is 509. The summed E-state index contributed by atoms with van der Waals surface area (Å²) in [4.78, 5) is 34.4. The second-order valence-corrected chi connectivity index (χ2v) is 6.83. The largest absolute Gasteiger partial charge is 0.379 e. The Kier molecular flexibility index (Phi) is 5.08. The lowest BCUT2D eigenvalue weighted by Gasteiger charge is -2.35. The molecule has 0 bridgehead atoms. The molecule has 1 N–H and O–H groups in total. The van der Waals surface area contributed by atoms with Crippen molar-refractivity contribution in [2.45, 2.75) is 19.1 Å². The van der Waals surface area contributed by atoms with Gasteiger partial charge in [0.2, 0.25) is 0 Å². The Morgan fingerprint density at radius 1 is 1.35 bits per heavy atom. The first kappa shape index (κ1) is 16.5. The van der Waals surface area contributed by atoms with Gasteiger partial charge in [-0.3, -0.25) is 15.0 Å². The third-order valence-electron chi connectivity index (χ3n) is 4.41. The van der Waals surface area contributed by atoms with Crippen LogP contribution < -0.4 is 5.32 Å². The number of hydrogen-bond donors (Lipinski definition) is 1. The predicted molar refractivity (Wildman–Crippen MR) is 88.4 cm³/mol. The number of carbonyl (C=O) groups excluding carboxylic acids is 2. The summed E-state index contributed by atoms with van der Waals surface area (Å²) >= 11 is 1.66. The second-order valence-electron chi connectivity index (χ2n) is 5.76. The smallest absolute Gasteiger partial charge is 0.325 e. The van der Waals surface area contributed by atoms with Gasteiger partial charge in [0.25, 0.3) is 5.91 Å². The van der Waals surface area contributed by atoms with Crippen LogP contribution in [0.25, 0.3) is 0 Å². The highest BCUT2D eigenvalue weighted by molar-refractivity contribution is 8.13. The highest BCUT2D eigenvalue weighted by atomic mass is 32.2. The number of fused-ring (bicyclic) bond motifs is 1. The topological polar surface area (TPSA) is 77.5 Å². The van der Waals surface area contributed by atoms with E-state index in [1.165, 1.54) is 4.90 Å². The molecule has 2 fully saturated rings. The molecular formula is C14H23N5O3S.